The van der Waals surface area contributed by atoms with Crippen LogP contribution >= 0.6 is 11.6 Å². The molecule has 1 saturated carbocycles. The summed E-state index contributed by atoms with van der Waals surface area (Å²) in [6, 6.07) is 4.05. The van der Waals surface area contributed by atoms with E-state index in [0.717, 1.165) is 19.3 Å². The Morgan fingerprint density at radius 1 is 1.32 bits per heavy atom. The summed E-state index contributed by atoms with van der Waals surface area (Å²) in [6.45, 7) is 5.92. The van der Waals surface area contributed by atoms with Crippen LogP contribution in [0.25, 0.3) is 0 Å². The Labute approximate surface area is 153 Å². The predicted octanol–water partition coefficient (Wildman–Crippen LogP) is 4.21. The van der Waals surface area contributed by atoms with Crippen molar-refractivity contribution in [3.05, 3.63) is 28.8 Å². The van der Waals surface area contributed by atoms with Crippen LogP contribution < -0.4 is 0 Å². The molecule has 0 saturated heterocycles. The van der Waals surface area contributed by atoms with Crippen molar-refractivity contribution in [3.63, 3.8) is 0 Å². The SMILES string of the molecule is CC(C)[C@H]1CC[C@@H](C)C[C@H]1OC(=O)COC(=O)c1cc(Cl)ccc1O. The Kier molecular flexibility index (Phi) is 6.71. The molecule has 0 bridgehead atoms. The van der Waals surface area contributed by atoms with Gasteiger partial charge in [-0.25, -0.2) is 9.59 Å². The van der Waals surface area contributed by atoms with E-state index in [9.17, 15) is 14.7 Å². The fourth-order valence-corrected chi connectivity index (χ4v) is 3.50. The normalized spacial score (nSPS) is 23.3. The van der Waals surface area contributed by atoms with E-state index in [4.69, 9.17) is 21.1 Å². The summed E-state index contributed by atoms with van der Waals surface area (Å²) >= 11 is 5.80. The Morgan fingerprint density at radius 2 is 2.04 bits per heavy atom. The second kappa shape index (κ2) is 8.56. The van der Waals surface area contributed by atoms with E-state index in [-0.39, 0.29) is 17.4 Å². The largest absolute Gasteiger partial charge is 0.507 e. The van der Waals surface area contributed by atoms with Crippen molar-refractivity contribution in [2.45, 2.75) is 46.1 Å². The number of phenols is 1. The zero-order valence-electron chi connectivity index (χ0n) is 14.8. The van der Waals surface area contributed by atoms with Gasteiger partial charge < -0.3 is 14.6 Å². The molecule has 0 amide bonds. The highest BCUT2D eigenvalue weighted by Crippen LogP contribution is 2.35. The molecule has 0 aromatic heterocycles. The zero-order chi connectivity index (χ0) is 18.6. The van der Waals surface area contributed by atoms with Crippen LogP contribution in [0.1, 0.15) is 50.4 Å². The van der Waals surface area contributed by atoms with E-state index >= 15 is 0 Å². The fourth-order valence-electron chi connectivity index (χ4n) is 3.33. The van der Waals surface area contributed by atoms with Crippen LogP contribution in [0.5, 0.6) is 5.75 Å². The number of rotatable bonds is 5. The van der Waals surface area contributed by atoms with Gasteiger partial charge in [0, 0.05) is 5.02 Å². The van der Waals surface area contributed by atoms with Crippen LogP contribution in [-0.2, 0) is 14.3 Å². The summed E-state index contributed by atoms with van der Waals surface area (Å²) < 4.78 is 10.5. The van der Waals surface area contributed by atoms with Crippen LogP contribution in [0, 0.1) is 17.8 Å². The lowest BCUT2D eigenvalue weighted by atomic mass is 9.75. The van der Waals surface area contributed by atoms with Gasteiger partial charge in [0.05, 0.1) is 0 Å². The second-order valence-electron chi connectivity index (χ2n) is 7.09. The Balaban J connectivity index is 1.91. The summed E-state index contributed by atoms with van der Waals surface area (Å²) in [7, 11) is 0. The van der Waals surface area contributed by atoms with Crippen LogP contribution in [0.4, 0.5) is 0 Å². The maximum atomic E-state index is 12.1. The van der Waals surface area contributed by atoms with Gasteiger partial charge in [0.1, 0.15) is 17.4 Å². The van der Waals surface area contributed by atoms with Crippen molar-refractivity contribution in [3.8, 4) is 5.75 Å². The van der Waals surface area contributed by atoms with Gasteiger partial charge in [0.15, 0.2) is 6.61 Å². The molecule has 2 rings (SSSR count). The monoisotopic (exact) mass is 368 g/mol. The number of aromatic hydroxyl groups is 1. The molecule has 5 nitrogen and oxygen atoms in total. The van der Waals surface area contributed by atoms with Crippen LogP contribution in [-0.4, -0.2) is 29.8 Å². The number of phenolic OH excluding ortho intramolecular Hbond substituents is 1. The highest BCUT2D eigenvalue weighted by atomic mass is 35.5. The van der Waals surface area contributed by atoms with Crippen LogP contribution in [0.3, 0.4) is 0 Å². The molecular formula is C19H25ClO5. The molecular weight excluding hydrogens is 344 g/mol. The van der Waals surface area contributed by atoms with Gasteiger partial charge in [0.25, 0.3) is 0 Å². The average Bonchev–Trinajstić information content (AvgIpc) is 2.54. The third-order valence-corrected chi connectivity index (χ3v) is 4.98. The Hall–Kier alpha value is -1.75. The molecule has 25 heavy (non-hydrogen) atoms. The molecule has 1 fully saturated rings. The molecule has 0 spiro atoms. The third-order valence-electron chi connectivity index (χ3n) is 4.74. The van der Waals surface area contributed by atoms with Gasteiger partial charge in [-0.3, -0.25) is 0 Å². The van der Waals surface area contributed by atoms with Crippen molar-refractivity contribution in [1.29, 1.82) is 0 Å². The van der Waals surface area contributed by atoms with Gasteiger partial charge in [-0.15, -0.1) is 0 Å². The molecule has 1 N–H and O–H groups in total. The highest BCUT2D eigenvalue weighted by molar-refractivity contribution is 6.31. The van der Waals surface area contributed by atoms with Crippen molar-refractivity contribution < 1.29 is 24.2 Å². The summed E-state index contributed by atoms with van der Waals surface area (Å²) in [6.07, 6.45) is 2.86. The van der Waals surface area contributed by atoms with Crippen LogP contribution in [0.15, 0.2) is 18.2 Å². The molecule has 138 valence electrons. The summed E-state index contributed by atoms with van der Waals surface area (Å²) in [5.74, 6) is -0.361. The molecule has 1 aliphatic rings. The second-order valence-corrected chi connectivity index (χ2v) is 7.53. The van der Waals surface area contributed by atoms with Gasteiger partial charge >= 0.3 is 11.9 Å². The van der Waals surface area contributed by atoms with E-state index in [2.05, 4.69) is 20.8 Å². The molecule has 0 radical (unpaired) electrons. The maximum absolute atomic E-state index is 12.1. The molecule has 0 unspecified atom stereocenters. The Morgan fingerprint density at radius 3 is 2.72 bits per heavy atom. The topological polar surface area (TPSA) is 72.8 Å². The van der Waals surface area contributed by atoms with E-state index in [1.165, 1.54) is 18.2 Å². The van der Waals surface area contributed by atoms with Crippen molar-refractivity contribution >= 4 is 23.5 Å². The van der Waals surface area contributed by atoms with E-state index in [1.54, 1.807) is 0 Å². The smallest absolute Gasteiger partial charge is 0.344 e. The van der Waals surface area contributed by atoms with E-state index in [0.29, 0.717) is 22.8 Å². The zero-order valence-corrected chi connectivity index (χ0v) is 15.6. The first-order chi connectivity index (χ1) is 11.8. The molecule has 1 aromatic rings. The molecule has 1 aromatic carbocycles. The van der Waals surface area contributed by atoms with E-state index in [1.807, 2.05) is 0 Å². The molecule has 1 aliphatic carbocycles. The lowest BCUT2D eigenvalue weighted by molar-refractivity contribution is -0.159. The minimum Gasteiger partial charge on any atom is -0.507 e. The van der Waals surface area contributed by atoms with Gasteiger partial charge in [-0.2, -0.15) is 0 Å². The van der Waals surface area contributed by atoms with E-state index < -0.39 is 18.5 Å². The molecule has 6 heteroatoms. The number of carbonyl (C=O) groups excluding carboxylic acids is 2. The van der Waals surface area contributed by atoms with Crippen molar-refractivity contribution in [2.75, 3.05) is 6.61 Å². The van der Waals surface area contributed by atoms with Crippen molar-refractivity contribution in [2.24, 2.45) is 17.8 Å². The Bertz CT molecular complexity index is 628. The number of ether oxygens (including phenoxy) is 2. The predicted molar refractivity (Wildman–Crippen MR) is 94.6 cm³/mol. The maximum Gasteiger partial charge on any atom is 0.344 e. The molecule has 0 aliphatic heterocycles. The minimum absolute atomic E-state index is 0.0772. The minimum atomic E-state index is -0.811. The number of esters is 2. The molecule has 3 atom stereocenters. The third kappa shape index (κ3) is 5.36. The first-order valence-electron chi connectivity index (χ1n) is 8.63. The first kappa shape index (κ1) is 19.6. The summed E-state index contributed by atoms with van der Waals surface area (Å²) in [5, 5.41) is 9.98. The summed E-state index contributed by atoms with van der Waals surface area (Å²) in [4.78, 5) is 24.1. The highest BCUT2D eigenvalue weighted by Gasteiger charge is 2.33. The first-order valence-corrected chi connectivity index (χ1v) is 9.00. The number of hydrogen-bond donors (Lipinski definition) is 1. The number of carbonyl (C=O) groups is 2. The van der Waals surface area contributed by atoms with Crippen molar-refractivity contribution in [1.82, 2.24) is 0 Å². The van der Waals surface area contributed by atoms with Gasteiger partial charge in [-0.1, -0.05) is 38.8 Å². The lowest BCUT2D eigenvalue weighted by Crippen LogP contribution is -2.36. The standard InChI is InChI=1S/C19H25ClO5/c1-11(2)14-6-4-12(3)8-17(14)25-18(22)10-24-19(23)15-9-13(20)5-7-16(15)21/h5,7,9,11-12,14,17,21H,4,6,8,10H2,1-3H3/t12-,14-,17-/m1/s1. The number of benzene rings is 1. The number of halogens is 1. The van der Waals surface area contributed by atoms with Gasteiger partial charge in [0.2, 0.25) is 0 Å². The average molecular weight is 369 g/mol. The molecule has 0 heterocycles. The quantitative estimate of drug-likeness (QED) is 0.788. The summed E-state index contributed by atoms with van der Waals surface area (Å²) in [5.41, 5.74) is -0.0772. The van der Waals surface area contributed by atoms with Crippen LogP contribution in [0.2, 0.25) is 5.02 Å². The number of hydrogen-bond acceptors (Lipinski definition) is 5. The lowest BCUT2D eigenvalue weighted by Gasteiger charge is -2.36. The fraction of sp³-hybridized carbons (Fsp3) is 0.579. The van der Waals surface area contributed by atoms with Gasteiger partial charge in [-0.05, 0) is 48.8 Å².